The van der Waals surface area contributed by atoms with Gasteiger partial charge in [-0.25, -0.2) is 18.7 Å². The number of aromatic carboxylic acids is 1. The van der Waals surface area contributed by atoms with Crippen LogP contribution in [0.15, 0.2) is 36.4 Å². The van der Waals surface area contributed by atoms with Gasteiger partial charge in [-0.05, 0) is 75.1 Å². The molecule has 0 unspecified atom stereocenters. The number of amides is 2. The third-order valence-electron chi connectivity index (χ3n) is 6.50. The fraction of sp³-hybridized carbons (Fsp3) is 0.333. The molecular weight excluding hydrogens is 515 g/mol. The van der Waals surface area contributed by atoms with Crippen molar-refractivity contribution in [2.24, 2.45) is 0 Å². The van der Waals surface area contributed by atoms with Crippen LogP contribution in [-0.4, -0.2) is 56.4 Å². The smallest absolute Gasteiger partial charge is 0.410 e. The lowest BCUT2D eigenvalue weighted by Gasteiger charge is -2.33. The van der Waals surface area contributed by atoms with Gasteiger partial charge in [0, 0.05) is 35.9 Å². The monoisotopic (exact) mass is 540 g/mol. The molecule has 3 heterocycles. The summed E-state index contributed by atoms with van der Waals surface area (Å²) in [6.45, 7) is 5.94. The van der Waals surface area contributed by atoms with Crippen LogP contribution in [0.25, 0.3) is 5.69 Å². The molecule has 0 atom stereocenters. The molecule has 0 saturated carbocycles. The van der Waals surface area contributed by atoms with E-state index in [1.165, 1.54) is 20.5 Å². The average molecular weight is 541 g/mol. The molecule has 3 aromatic rings. The Labute approximate surface area is 223 Å². The normalized spacial score (nSPS) is 15.2. The Balaban J connectivity index is 1.51. The minimum Gasteiger partial charge on any atom is -0.476 e. The Hall–Kier alpha value is -3.92. The van der Waals surface area contributed by atoms with Crippen molar-refractivity contribution in [3.63, 3.8) is 0 Å². The number of hydrogen-bond donors (Lipinski definition) is 1. The largest absolute Gasteiger partial charge is 0.476 e. The van der Waals surface area contributed by atoms with E-state index in [-0.39, 0.29) is 30.9 Å². The van der Waals surface area contributed by atoms with Crippen LogP contribution >= 0.6 is 11.6 Å². The number of anilines is 1. The molecule has 0 spiro atoms. The van der Waals surface area contributed by atoms with Gasteiger partial charge in [-0.1, -0.05) is 17.7 Å². The molecule has 0 bridgehead atoms. The molecular formula is C27H26ClFN4O5. The molecule has 2 amide bonds. The van der Waals surface area contributed by atoms with E-state index in [0.717, 1.165) is 0 Å². The second-order valence-corrected chi connectivity index (χ2v) is 10.7. The molecule has 1 aromatic heterocycles. The van der Waals surface area contributed by atoms with Crippen LogP contribution in [0.5, 0.6) is 0 Å². The van der Waals surface area contributed by atoms with Crippen LogP contribution in [0.2, 0.25) is 5.02 Å². The molecule has 2 aromatic carbocycles. The summed E-state index contributed by atoms with van der Waals surface area (Å²) in [7, 11) is 0. The van der Waals surface area contributed by atoms with E-state index in [1.54, 1.807) is 51.1 Å². The molecule has 9 nitrogen and oxygen atoms in total. The maximum atomic E-state index is 15.2. The Morgan fingerprint density at radius 1 is 1.08 bits per heavy atom. The van der Waals surface area contributed by atoms with Crippen LogP contribution in [0.1, 0.15) is 58.4 Å². The van der Waals surface area contributed by atoms with Gasteiger partial charge in [0.05, 0.1) is 5.69 Å². The number of halogens is 2. The zero-order valence-corrected chi connectivity index (χ0v) is 21.9. The highest BCUT2D eigenvalue weighted by atomic mass is 35.5. The Bertz CT molecular complexity index is 1480. The number of benzene rings is 2. The predicted octanol–water partition coefficient (Wildman–Crippen LogP) is 4.86. The summed E-state index contributed by atoms with van der Waals surface area (Å²) in [5, 5.41) is 14.3. The molecule has 5 rings (SSSR count). The number of fused-ring (bicyclic) bond motifs is 2. The first-order valence-corrected chi connectivity index (χ1v) is 12.5. The zero-order valence-electron chi connectivity index (χ0n) is 21.1. The standard InChI is InChI=1S/C27H26ClFN4O5/c1-27(2,3)38-26(37)31-9-7-19-15(14-31)11-18(13-21(19)29)32-10-8-20-22(25(35)36)30-33(23(20)24(32)34)17-6-4-5-16(28)12-17/h4-6,11-13H,7-10,14H2,1-3H3,(H,35,36). The molecule has 198 valence electrons. The molecule has 0 radical (unpaired) electrons. The maximum Gasteiger partial charge on any atom is 0.410 e. The SMILES string of the molecule is CC(C)(C)OC(=O)N1CCc2c(F)cc(N3CCc4c(C(=O)O)nn(-c5cccc(Cl)c5)c4C3=O)cc2C1. The van der Waals surface area contributed by atoms with Gasteiger partial charge in [-0.15, -0.1) is 0 Å². The van der Waals surface area contributed by atoms with Crippen molar-refractivity contribution in [3.05, 3.63) is 75.3 Å². The number of rotatable bonds is 3. The van der Waals surface area contributed by atoms with Crippen molar-refractivity contribution >= 4 is 35.3 Å². The summed E-state index contributed by atoms with van der Waals surface area (Å²) in [4.78, 5) is 41.2. The summed E-state index contributed by atoms with van der Waals surface area (Å²) < 4.78 is 22.0. The average Bonchev–Trinajstić information content (AvgIpc) is 3.24. The first-order chi connectivity index (χ1) is 17.9. The van der Waals surface area contributed by atoms with E-state index in [1.807, 2.05) is 0 Å². The Kier molecular flexibility index (Phi) is 6.38. The second kappa shape index (κ2) is 9.43. The van der Waals surface area contributed by atoms with Crippen molar-refractivity contribution in [3.8, 4) is 5.69 Å². The summed E-state index contributed by atoms with van der Waals surface area (Å²) in [5.74, 6) is -2.22. The molecule has 2 aliphatic rings. The fourth-order valence-corrected chi connectivity index (χ4v) is 5.03. The topological polar surface area (TPSA) is 105 Å². The quantitative estimate of drug-likeness (QED) is 0.509. The van der Waals surface area contributed by atoms with Crippen LogP contribution in [0, 0.1) is 5.82 Å². The van der Waals surface area contributed by atoms with Gasteiger partial charge in [0.15, 0.2) is 5.69 Å². The second-order valence-electron chi connectivity index (χ2n) is 10.3. The van der Waals surface area contributed by atoms with E-state index < -0.39 is 29.4 Å². The molecule has 0 fully saturated rings. The van der Waals surface area contributed by atoms with Crippen molar-refractivity contribution in [1.29, 1.82) is 0 Å². The molecule has 38 heavy (non-hydrogen) atoms. The van der Waals surface area contributed by atoms with Crippen molar-refractivity contribution in [1.82, 2.24) is 14.7 Å². The minimum atomic E-state index is -1.25. The lowest BCUT2D eigenvalue weighted by Crippen LogP contribution is -2.41. The number of carbonyl (C=O) groups is 3. The van der Waals surface area contributed by atoms with Gasteiger partial charge in [-0.2, -0.15) is 5.10 Å². The van der Waals surface area contributed by atoms with Gasteiger partial charge in [0.25, 0.3) is 5.91 Å². The van der Waals surface area contributed by atoms with Gasteiger partial charge >= 0.3 is 12.1 Å². The summed E-state index contributed by atoms with van der Waals surface area (Å²) in [6.07, 6.45) is 0.0492. The third-order valence-corrected chi connectivity index (χ3v) is 6.74. The predicted molar refractivity (Wildman–Crippen MR) is 138 cm³/mol. The van der Waals surface area contributed by atoms with Crippen LogP contribution in [0.3, 0.4) is 0 Å². The van der Waals surface area contributed by atoms with Crippen LogP contribution in [-0.2, 0) is 24.1 Å². The maximum absolute atomic E-state index is 15.2. The van der Waals surface area contributed by atoms with Crippen LogP contribution in [0.4, 0.5) is 14.9 Å². The highest BCUT2D eigenvalue weighted by Gasteiger charge is 2.36. The van der Waals surface area contributed by atoms with Crippen molar-refractivity contribution in [2.75, 3.05) is 18.0 Å². The number of carboxylic acid groups (broad SMARTS) is 1. The van der Waals surface area contributed by atoms with Crippen molar-refractivity contribution in [2.45, 2.75) is 45.8 Å². The third kappa shape index (κ3) is 4.71. The highest BCUT2D eigenvalue weighted by molar-refractivity contribution is 6.30. The molecule has 1 N–H and O–H groups in total. The Morgan fingerprint density at radius 2 is 1.82 bits per heavy atom. The molecule has 0 aliphatic carbocycles. The fourth-order valence-electron chi connectivity index (χ4n) is 4.84. The number of hydrogen-bond acceptors (Lipinski definition) is 5. The van der Waals surface area contributed by atoms with E-state index in [0.29, 0.717) is 46.1 Å². The lowest BCUT2D eigenvalue weighted by molar-refractivity contribution is 0.0222. The van der Waals surface area contributed by atoms with E-state index in [9.17, 15) is 19.5 Å². The Morgan fingerprint density at radius 3 is 2.50 bits per heavy atom. The number of ether oxygens (including phenoxy) is 1. The number of carboxylic acids is 1. The highest BCUT2D eigenvalue weighted by Crippen LogP contribution is 2.33. The summed E-state index contributed by atoms with van der Waals surface area (Å²) >= 11 is 6.13. The van der Waals surface area contributed by atoms with Gasteiger partial charge in [0.1, 0.15) is 17.1 Å². The molecule has 2 aliphatic heterocycles. The van der Waals surface area contributed by atoms with Gasteiger partial charge < -0.3 is 19.6 Å². The molecule has 0 saturated heterocycles. The van der Waals surface area contributed by atoms with Crippen molar-refractivity contribution < 1.29 is 28.6 Å². The van der Waals surface area contributed by atoms with E-state index >= 15 is 4.39 Å². The lowest BCUT2D eigenvalue weighted by atomic mass is 9.97. The van der Waals surface area contributed by atoms with Gasteiger partial charge in [0.2, 0.25) is 0 Å². The molecule has 11 heteroatoms. The zero-order chi connectivity index (χ0) is 27.4. The number of nitrogens with zero attached hydrogens (tertiary/aromatic N) is 4. The number of aromatic nitrogens is 2. The van der Waals surface area contributed by atoms with Crippen LogP contribution < -0.4 is 4.90 Å². The first kappa shape index (κ1) is 25.7. The van der Waals surface area contributed by atoms with Gasteiger partial charge in [-0.3, -0.25) is 4.79 Å². The van der Waals surface area contributed by atoms with E-state index in [4.69, 9.17) is 16.3 Å². The summed E-state index contributed by atoms with van der Waals surface area (Å²) in [6, 6.07) is 9.59. The first-order valence-electron chi connectivity index (χ1n) is 12.1. The summed E-state index contributed by atoms with van der Waals surface area (Å²) in [5.41, 5.74) is 1.36. The van der Waals surface area contributed by atoms with E-state index in [2.05, 4.69) is 5.10 Å². The minimum absolute atomic E-state index is 0.0874. The number of carbonyl (C=O) groups excluding carboxylic acids is 2.